The summed E-state index contributed by atoms with van der Waals surface area (Å²) in [6, 6.07) is 8.90. The zero-order valence-corrected chi connectivity index (χ0v) is 11.9. The summed E-state index contributed by atoms with van der Waals surface area (Å²) in [5.74, 6) is -0.203. The number of nitriles is 1. The van der Waals surface area contributed by atoms with Gasteiger partial charge in [0.25, 0.3) is 0 Å². The third-order valence-corrected chi connectivity index (χ3v) is 3.35. The van der Waals surface area contributed by atoms with Gasteiger partial charge in [-0.05, 0) is 30.7 Å². The Morgan fingerprint density at radius 3 is 2.57 bits per heavy atom. The van der Waals surface area contributed by atoms with Gasteiger partial charge in [0.05, 0.1) is 18.2 Å². The second-order valence-electron chi connectivity index (χ2n) is 4.86. The van der Waals surface area contributed by atoms with Crippen LogP contribution >= 0.6 is 0 Å². The van der Waals surface area contributed by atoms with Crippen LogP contribution in [-0.4, -0.2) is 54.9 Å². The molecule has 0 radical (unpaired) electrons. The molecule has 110 valence electrons. The van der Waals surface area contributed by atoms with Crippen molar-refractivity contribution in [3.63, 3.8) is 0 Å². The number of benzene rings is 1. The predicted octanol–water partition coefficient (Wildman–Crippen LogP) is 0.628. The van der Waals surface area contributed by atoms with Gasteiger partial charge < -0.3 is 14.5 Å². The van der Waals surface area contributed by atoms with E-state index in [0.29, 0.717) is 44.0 Å². The molecule has 0 atom stereocenters. The molecule has 0 spiro atoms. The fourth-order valence-corrected chi connectivity index (χ4v) is 2.06. The smallest absolute Gasteiger partial charge is 0.312 e. The van der Waals surface area contributed by atoms with Crippen LogP contribution in [0.3, 0.4) is 0 Å². The Morgan fingerprint density at radius 1 is 1.19 bits per heavy atom. The molecule has 1 aliphatic heterocycles. The number of carbonyl (C=O) groups excluding carboxylic acids is 2. The first-order chi connectivity index (χ1) is 10.1. The molecule has 2 amide bonds. The summed E-state index contributed by atoms with van der Waals surface area (Å²) in [4.78, 5) is 26.3. The highest BCUT2D eigenvalue weighted by Gasteiger charge is 2.29. The normalized spacial score (nSPS) is 15.0. The lowest BCUT2D eigenvalue weighted by atomic mass is 10.2. The van der Waals surface area contributed by atoms with Crippen LogP contribution in [0.2, 0.25) is 0 Å². The molecule has 21 heavy (non-hydrogen) atoms. The summed E-state index contributed by atoms with van der Waals surface area (Å²) in [5.41, 5.74) is 0.587. The Balaban J connectivity index is 1.73. The Bertz CT molecular complexity index is 563. The summed E-state index contributed by atoms with van der Waals surface area (Å²) >= 11 is 0. The van der Waals surface area contributed by atoms with E-state index in [1.165, 1.54) is 4.90 Å². The van der Waals surface area contributed by atoms with Gasteiger partial charge in [-0.2, -0.15) is 5.26 Å². The van der Waals surface area contributed by atoms with Crippen LogP contribution in [0.15, 0.2) is 24.3 Å². The van der Waals surface area contributed by atoms with E-state index in [2.05, 4.69) is 0 Å². The van der Waals surface area contributed by atoms with E-state index in [4.69, 9.17) is 10.00 Å². The van der Waals surface area contributed by atoms with Gasteiger partial charge in [-0.15, -0.1) is 0 Å². The molecule has 1 heterocycles. The van der Waals surface area contributed by atoms with Crippen LogP contribution in [-0.2, 0) is 9.59 Å². The molecule has 1 saturated heterocycles. The van der Waals surface area contributed by atoms with Gasteiger partial charge >= 0.3 is 11.8 Å². The number of rotatable bonds is 5. The van der Waals surface area contributed by atoms with Crippen molar-refractivity contribution in [2.45, 2.75) is 6.42 Å². The molecule has 0 aliphatic carbocycles. The van der Waals surface area contributed by atoms with Gasteiger partial charge in [0.1, 0.15) is 5.75 Å². The van der Waals surface area contributed by atoms with Gasteiger partial charge in [0.2, 0.25) is 0 Å². The average Bonchev–Trinajstić information content (AvgIpc) is 2.51. The largest absolute Gasteiger partial charge is 0.494 e. The van der Waals surface area contributed by atoms with Gasteiger partial charge in [0, 0.05) is 26.7 Å². The fraction of sp³-hybridized carbons (Fsp3) is 0.400. The Kier molecular flexibility index (Phi) is 4.77. The van der Waals surface area contributed by atoms with Crippen molar-refractivity contribution in [1.29, 1.82) is 5.26 Å². The lowest BCUT2D eigenvalue weighted by Crippen LogP contribution is -2.53. The number of ether oxygens (including phenoxy) is 1. The van der Waals surface area contributed by atoms with Gasteiger partial charge in [-0.3, -0.25) is 9.59 Å². The molecule has 0 N–H and O–H groups in total. The lowest BCUT2D eigenvalue weighted by Gasteiger charge is -2.31. The third-order valence-electron chi connectivity index (χ3n) is 3.35. The van der Waals surface area contributed by atoms with Crippen molar-refractivity contribution in [2.24, 2.45) is 0 Å². The van der Waals surface area contributed by atoms with E-state index in [1.807, 2.05) is 6.07 Å². The van der Waals surface area contributed by atoms with E-state index in [-0.39, 0.29) is 0 Å². The average molecular weight is 287 g/mol. The molecule has 1 aromatic rings. The van der Waals surface area contributed by atoms with E-state index in [1.54, 1.807) is 36.2 Å². The summed E-state index contributed by atoms with van der Waals surface area (Å²) in [5, 5.41) is 8.69. The van der Waals surface area contributed by atoms with Crippen LogP contribution < -0.4 is 4.74 Å². The van der Waals surface area contributed by atoms with E-state index < -0.39 is 11.8 Å². The quantitative estimate of drug-likeness (QED) is 0.588. The first-order valence-electron chi connectivity index (χ1n) is 6.79. The zero-order valence-electron chi connectivity index (χ0n) is 11.9. The summed E-state index contributed by atoms with van der Waals surface area (Å²) in [6.45, 7) is 2.10. The van der Waals surface area contributed by atoms with Gasteiger partial charge in [-0.25, -0.2) is 0 Å². The maximum atomic E-state index is 11.7. The predicted molar refractivity (Wildman–Crippen MR) is 75.5 cm³/mol. The van der Waals surface area contributed by atoms with Crippen LogP contribution in [0, 0.1) is 11.3 Å². The van der Waals surface area contributed by atoms with Crippen molar-refractivity contribution < 1.29 is 14.3 Å². The molecule has 0 bridgehead atoms. The van der Waals surface area contributed by atoms with Crippen LogP contribution in [0.25, 0.3) is 0 Å². The Hall–Kier alpha value is -2.55. The molecule has 2 rings (SSSR count). The number of piperazine rings is 1. The van der Waals surface area contributed by atoms with Crippen LogP contribution in [0.5, 0.6) is 5.75 Å². The zero-order chi connectivity index (χ0) is 15.2. The van der Waals surface area contributed by atoms with Crippen LogP contribution in [0.4, 0.5) is 0 Å². The monoisotopic (exact) mass is 287 g/mol. The van der Waals surface area contributed by atoms with E-state index in [0.717, 1.165) is 0 Å². The third kappa shape index (κ3) is 3.72. The van der Waals surface area contributed by atoms with Crippen molar-refractivity contribution in [3.8, 4) is 11.8 Å². The molecule has 0 aromatic heterocycles. The van der Waals surface area contributed by atoms with Crippen LogP contribution in [0.1, 0.15) is 12.0 Å². The second-order valence-corrected chi connectivity index (χ2v) is 4.86. The Labute approximate surface area is 123 Å². The molecular weight excluding hydrogens is 270 g/mol. The molecule has 1 aliphatic rings. The number of hydrogen-bond acceptors (Lipinski definition) is 4. The maximum Gasteiger partial charge on any atom is 0.312 e. The highest BCUT2D eigenvalue weighted by molar-refractivity contribution is 6.35. The highest BCUT2D eigenvalue weighted by Crippen LogP contribution is 2.12. The minimum atomic E-state index is -0.450. The number of nitrogens with zero attached hydrogens (tertiary/aromatic N) is 3. The number of carbonyl (C=O) groups is 2. The SMILES string of the molecule is CN1CCN(CCCOc2ccc(C#N)cc2)C(=O)C1=O. The lowest BCUT2D eigenvalue weighted by molar-refractivity contribution is -0.155. The van der Waals surface area contributed by atoms with Crippen molar-refractivity contribution >= 4 is 11.8 Å². The molecule has 0 saturated carbocycles. The molecule has 1 aromatic carbocycles. The van der Waals surface area contributed by atoms with E-state index >= 15 is 0 Å². The topological polar surface area (TPSA) is 73.6 Å². The van der Waals surface area contributed by atoms with Gasteiger partial charge in [0.15, 0.2) is 0 Å². The molecule has 6 heteroatoms. The standard InChI is InChI=1S/C15H17N3O3/c1-17-8-9-18(15(20)14(17)19)7-2-10-21-13-5-3-12(11-16)4-6-13/h3-6H,2,7-10H2,1H3. The van der Waals surface area contributed by atoms with Crippen molar-refractivity contribution in [1.82, 2.24) is 9.80 Å². The minimum Gasteiger partial charge on any atom is -0.494 e. The maximum absolute atomic E-state index is 11.7. The first kappa shape index (κ1) is 14.9. The Morgan fingerprint density at radius 2 is 1.90 bits per heavy atom. The first-order valence-corrected chi connectivity index (χ1v) is 6.79. The number of hydrogen-bond donors (Lipinski definition) is 0. The molecule has 1 fully saturated rings. The molecule has 0 unspecified atom stereocenters. The fourth-order valence-electron chi connectivity index (χ4n) is 2.06. The van der Waals surface area contributed by atoms with Gasteiger partial charge in [-0.1, -0.05) is 0 Å². The summed E-state index contributed by atoms with van der Waals surface area (Å²) < 4.78 is 5.54. The highest BCUT2D eigenvalue weighted by atomic mass is 16.5. The second kappa shape index (κ2) is 6.75. The molecule has 6 nitrogen and oxygen atoms in total. The molecular formula is C15H17N3O3. The number of likely N-dealkylation sites (N-methyl/N-ethyl adjacent to an activating group) is 1. The summed E-state index contributed by atoms with van der Waals surface area (Å²) in [7, 11) is 1.63. The minimum absolute atomic E-state index is 0.442. The van der Waals surface area contributed by atoms with Crippen molar-refractivity contribution in [3.05, 3.63) is 29.8 Å². The van der Waals surface area contributed by atoms with E-state index in [9.17, 15) is 9.59 Å². The van der Waals surface area contributed by atoms with Crippen molar-refractivity contribution in [2.75, 3.05) is 33.3 Å². The number of amides is 2. The summed E-state index contributed by atoms with van der Waals surface area (Å²) in [6.07, 6.45) is 0.655.